The number of pyridine rings is 1. The first kappa shape index (κ1) is 13.7. The molecule has 2 heterocycles. The van der Waals surface area contributed by atoms with Crippen molar-refractivity contribution in [3.8, 4) is 0 Å². The number of aryl methyl sites for hydroxylation is 1. The van der Waals surface area contributed by atoms with Gasteiger partial charge < -0.3 is 10.6 Å². The van der Waals surface area contributed by atoms with Crippen LogP contribution < -0.4 is 10.6 Å². The van der Waals surface area contributed by atoms with Gasteiger partial charge in [-0.2, -0.15) is 0 Å². The number of aromatic nitrogens is 1. The van der Waals surface area contributed by atoms with Gasteiger partial charge >= 0.3 is 0 Å². The average Bonchev–Trinajstić information content (AvgIpc) is 3.24. The van der Waals surface area contributed by atoms with Crippen LogP contribution in [-0.2, 0) is 4.79 Å². The van der Waals surface area contributed by atoms with Crippen LogP contribution in [0.2, 0.25) is 0 Å². The summed E-state index contributed by atoms with van der Waals surface area (Å²) >= 11 is 0. The highest BCUT2D eigenvalue weighted by atomic mass is 16.2. The zero-order valence-electron chi connectivity index (χ0n) is 12.9. The molecule has 1 aromatic heterocycles. The van der Waals surface area contributed by atoms with Crippen LogP contribution in [0.4, 0.5) is 5.69 Å². The van der Waals surface area contributed by atoms with Crippen molar-refractivity contribution in [1.82, 2.24) is 10.3 Å². The maximum atomic E-state index is 12.6. The van der Waals surface area contributed by atoms with E-state index >= 15 is 0 Å². The lowest BCUT2D eigenvalue weighted by Crippen LogP contribution is -2.31. The van der Waals surface area contributed by atoms with Crippen LogP contribution in [0.25, 0.3) is 10.9 Å². The van der Waals surface area contributed by atoms with Crippen molar-refractivity contribution in [2.75, 3.05) is 18.4 Å². The molecule has 1 aliphatic carbocycles. The van der Waals surface area contributed by atoms with Crippen molar-refractivity contribution in [1.29, 1.82) is 0 Å². The number of rotatable bonds is 2. The normalized spacial score (nSPS) is 22.7. The van der Waals surface area contributed by atoms with Crippen molar-refractivity contribution in [2.24, 2.45) is 11.3 Å². The van der Waals surface area contributed by atoms with Crippen LogP contribution in [0.3, 0.4) is 0 Å². The summed E-state index contributed by atoms with van der Waals surface area (Å²) in [6.07, 6.45) is 5.09. The van der Waals surface area contributed by atoms with Gasteiger partial charge in [-0.05, 0) is 68.5 Å². The first-order valence-electron chi connectivity index (χ1n) is 8.06. The van der Waals surface area contributed by atoms with E-state index in [1.54, 1.807) is 6.20 Å². The number of hydrogen-bond acceptors (Lipinski definition) is 3. The Bertz CT molecular complexity index is 734. The summed E-state index contributed by atoms with van der Waals surface area (Å²) in [6, 6.07) is 7.97. The smallest absolute Gasteiger partial charge is 0.228 e. The predicted octanol–water partition coefficient (Wildman–Crippen LogP) is 2.87. The van der Waals surface area contributed by atoms with Crippen LogP contribution in [-0.4, -0.2) is 24.0 Å². The molecule has 22 heavy (non-hydrogen) atoms. The van der Waals surface area contributed by atoms with Gasteiger partial charge in [-0.1, -0.05) is 6.07 Å². The van der Waals surface area contributed by atoms with E-state index in [0.29, 0.717) is 0 Å². The summed E-state index contributed by atoms with van der Waals surface area (Å²) in [5, 5.41) is 7.55. The zero-order chi connectivity index (χ0) is 15.2. The van der Waals surface area contributed by atoms with Crippen molar-refractivity contribution >= 4 is 22.5 Å². The zero-order valence-corrected chi connectivity index (χ0v) is 12.9. The molecule has 0 bridgehead atoms. The molecule has 1 spiro atoms. The number of nitrogens with one attached hydrogen (secondary N) is 2. The summed E-state index contributed by atoms with van der Waals surface area (Å²) < 4.78 is 0. The molecule has 1 saturated heterocycles. The fraction of sp³-hybridized carbons (Fsp3) is 0.444. The fourth-order valence-corrected chi connectivity index (χ4v) is 3.84. The molecule has 4 heteroatoms. The molecule has 4 rings (SSSR count). The number of nitrogens with zero attached hydrogens (tertiary/aromatic N) is 1. The lowest BCUT2D eigenvalue weighted by Gasteiger charge is -2.23. The highest BCUT2D eigenvalue weighted by Gasteiger charge is 2.57. The summed E-state index contributed by atoms with van der Waals surface area (Å²) in [4.78, 5) is 17.1. The molecule has 1 unspecified atom stereocenters. The van der Waals surface area contributed by atoms with Gasteiger partial charge in [-0.15, -0.1) is 0 Å². The van der Waals surface area contributed by atoms with E-state index in [2.05, 4.69) is 15.6 Å². The molecule has 0 radical (unpaired) electrons. The quantitative estimate of drug-likeness (QED) is 0.895. The van der Waals surface area contributed by atoms with E-state index in [1.807, 2.05) is 31.2 Å². The van der Waals surface area contributed by atoms with Gasteiger partial charge in [-0.3, -0.25) is 9.78 Å². The lowest BCUT2D eigenvalue weighted by atomic mass is 9.91. The minimum atomic E-state index is 0.177. The maximum absolute atomic E-state index is 12.6. The molecule has 1 aliphatic heterocycles. The number of amides is 1. The number of carbonyl (C=O) groups is 1. The van der Waals surface area contributed by atoms with E-state index in [4.69, 9.17) is 0 Å². The van der Waals surface area contributed by atoms with Gasteiger partial charge in [-0.25, -0.2) is 0 Å². The second kappa shape index (κ2) is 5.06. The lowest BCUT2D eigenvalue weighted by molar-refractivity contribution is -0.118. The largest absolute Gasteiger partial charge is 0.325 e. The third-order valence-electron chi connectivity index (χ3n) is 5.33. The summed E-state index contributed by atoms with van der Waals surface area (Å²) in [6.45, 7) is 4.13. The fourth-order valence-electron chi connectivity index (χ4n) is 3.84. The molecular formula is C18H21N3O. The SMILES string of the molecule is Cc1ccc(NC(=O)C2CC23CCNCC3)c2cccnc12. The monoisotopic (exact) mass is 295 g/mol. The molecular weight excluding hydrogens is 274 g/mol. The van der Waals surface area contributed by atoms with E-state index in [1.165, 1.54) is 0 Å². The van der Waals surface area contributed by atoms with Crippen molar-refractivity contribution in [2.45, 2.75) is 26.2 Å². The van der Waals surface area contributed by atoms with Gasteiger partial charge in [0.1, 0.15) is 0 Å². The van der Waals surface area contributed by atoms with Crippen LogP contribution in [0.1, 0.15) is 24.8 Å². The number of benzene rings is 1. The number of carbonyl (C=O) groups excluding carboxylic acids is 1. The minimum Gasteiger partial charge on any atom is -0.325 e. The van der Waals surface area contributed by atoms with E-state index in [0.717, 1.165) is 54.5 Å². The summed E-state index contributed by atoms with van der Waals surface area (Å²) in [5.74, 6) is 0.360. The van der Waals surface area contributed by atoms with Crippen LogP contribution in [0.15, 0.2) is 30.5 Å². The van der Waals surface area contributed by atoms with E-state index in [-0.39, 0.29) is 17.2 Å². The molecule has 1 atom stereocenters. The third-order valence-corrected chi connectivity index (χ3v) is 5.33. The molecule has 1 amide bonds. The van der Waals surface area contributed by atoms with E-state index < -0.39 is 0 Å². The molecule has 2 aromatic rings. The van der Waals surface area contributed by atoms with Gasteiger partial charge in [0.15, 0.2) is 0 Å². The molecule has 1 aromatic carbocycles. The Morgan fingerprint density at radius 2 is 2.14 bits per heavy atom. The van der Waals surface area contributed by atoms with Crippen molar-refractivity contribution in [3.05, 3.63) is 36.0 Å². The summed E-state index contributed by atoms with van der Waals surface area (Å²) in [5.41, 5.74) is 3.26. The highest BCUT2D eigenvalue weighted by molar-refractivity contribution is 6.03. The highest BCUT2D eigenvalue weighted by Crippen LogP contribution is 2.58. The first-order valence-corrected chi connectivity index (χ1v) is 8.06. The van der Waals surface area contributed by atoms with Gasteiger partial charge in [0, 0.05) is 17.5 Å². The molecule has 4 nitrogen and oxygen atoms in total. The Kier molecular flexibility index (Phi) is 3.15. The number of anilines is 1. The third kappa shape index (κ3) is 2.18. The van der Waals surface area contributed by atoms with Crippen LogP contribution in [0, 0.1) is 18.3 Å². The molecule has 2 N–H and O–H groups in total. The van der Waals surface area contributed by atoms with Crippen molar-refractivity contribution in [3.63, 3.8) is 0 Å². The standard InChI is InChI=1S/C18H21N3O/c1-12-4-5-15(13-3-2-8-20-16(12)13)21-17(22)14-11-18(14)6-9-19-10-7-18/h2-5,8,14,19H,6-7,9-11H2,1H3,(H,21,22). The van der Waals surface area contributed by atoms with Crippen LogP contribution >= 0.6 is 0 Å². The first-order chi connectivity index (χ1) is 10.7. The van der Waals surface area contributed by atoms with Crippen LogP contribution in [0.5, 0.6) is 0 Å². The number of hydrogen-bond donors (Lipinski definition) is 2. The Hall–Kier alpha value is -1.94. The Morgan fingerprint density at radius 1 is 1.32 bits per heavy atom. The number of fused-ring (bicyclic) bond motifs is 1. The minimum absolute atomic E-state index is 0.177. The predicted molar refractivity (Wildman–Crippen MR) is 87.8 cm³/mol. The van der Waals surface area contributed by atoms with Gasteiger partial charge in [0.2, 0.25) is 5.91 Å². The molecule has 1 saturated carbocycles. The van der Waals surface area contributed by atoms with Crippen molar-refractivity contribution < 1.29 is 4.79 Å². The topological polar surface area (TPSA) is 54.0 Å². The van der Waals surface area contributed by atoms with E-state index in [9.17, 15) is 4.79 Å². The Balaban J connectivity index is 1.57. The maximum Gasteiger partial charge on any atom is 0.228 e. The summed E-state index contributed by atoms with van der Waals surface area (Å²) in [7, 11) is 0. The second-order valence-corrected chi connectivity index (χ2v) is 6.69. The molecule has 114 valence electrons. The molecule has 2 aliphatic rings. The Labute approximate surface area is 130 Å². The molecule has 2 fully saturated rings. The second-order valence-electron chi connectivity index (χ2n) is 6.69. The Morgan fingerprint density at radius 3 is 2.95 bits per heavy atom. The van der Waals surface area contributed by atoms with Gasteiger partial charge in [0.25, 0.3) is 0 Å². The van der Waals surface area contributed by atoms with Gasteiger partial charge in [0.05, 0.1) is 11.2 Å². The average molecular weight is 295 g/mol. The number of piperidine rings is 1.